The van der Waals surface area contributed by atoms with E-state index in [0.717, 1.165) is 12.8 Å². The highest BCUT2D eigenvalue weighted by Crippen LogP contribution is 2.28. The van der Waals surface area contributed by atoms with Crippen molar-refractivity contribution in [2.24, 2.45) is 11.7 Å². The second kappa shape index (κ2) is 4.42. The van der Waals surface area contributed by atoms with Gasteiger partial charge in [0, 0.05) is 6.04 Å². The Kier molecular flexibility index (Phi) is 3.82. The predicted octanol–water partition coefficient (Wildman–Crippen LogP) is 1.72. The minimum atomic E-state index is -3.06. The van der Waals surface area contributed by atoms with Gasteiger partial charge in [-0.15, -0.1) is 0 Å². The van der Waals surface area contributed by atoms with E-state index in [4.69, 9.17) is 5.73 Å². The Hall–Kier alpha value is -0.0900. The molecule has 15 heavy (non-hydrogen) atoms. The lowest BCUT2D eigenvalue weighted by Crippen LogP contribution is -2.41. The first-order valence-corrected chi connectivity index (χ1v) is 7.37. The monoisotopic (exact) mass is 233 g/mol. The molecule has 0 bridgehead atoms. The summed E-state index contributed by atoms with van der Waals surface area (Å²) >= 11 is 0. The number of nitrogens with two attached hydrogens (primary N) is 1. The van der Waals surface area contributed by atoms with Crippen LogP contribution in [0.3, 0.4) is 0 Å². The van der Waals surface area contributed by atoms with Crippen LogP contribution in [0.25, 0.3) is 0 Å². The molecule has 0 heterocycles. The lowest BCUT2D eigenvalue weighted by Gasteiger charge is -2.24. The van der Waals surface area contributed by atoms with E-state index in [1.807, 2.05) is 0 Å². The van der Waals surface area contributed by atoms with Crippen LogP contribution in [0, 0.1) is 5.92 Å². The van der Waals surface area contributed by atoms with Crippen LogP contribution in [-0.4, -0.2) is 25.0 Å². The molecule has 1 aliphatic carbocycles. The molecule has 1 fully saturated rings. The Morgan fingerprint density at radius 2 is 1.73 bits per heavy atom. The molecule has 0 radical (unpaired) electrons. The molecule has 3 nitrogen and oxygen atoms in total. The van der Waals surface area contributed by atoms with Gasteiger partial charge in [0.2, 0.25) is 0 Å². The average molecular weight is 233 g/mol. The largest absolute Gasteiger partial charge is 0.327 e. The van der Waals surface area contributed by atoms with Crippen LogP contribution in [0.2, 0.25) is 0 Å². The first-order chi connectivity index (χ1) is 6.74. The van der Waals surface area contributed by atoms with Gasteiger partial charge in [0.15, 0.2) is 9.84 Å². The summed E-state index contributed by atoms with van der Waals surface area (Å²) in [6, 6.07) is -0.170. The van der Waals surface area contributed by atoms with Crippen molar-refractivity contribution in [1.82, 2.24) is 0 Å². The molecule has 1 saturated carbocycles. The molecular formula is C11H23NO2S. The molecule has 2 N–H and O–H groups in total. The number of hydrogen-bond acceptors (Lipinski definition) is 3. The fourth-order valence-electron chi connectivity index (χ4n) is 2.02. The Labute approximate surface area is 93.3 Å². The van der Waals surface area contributed by atoms with Crippen LogP contribution < -0.4 is 5.73 Å². The molecular weight excluding hydrogens is 210 g/mol. The number of rotatable bonds is 3. The lowest BCUT2D eigenvalue weighted by atomic mass is 10.0. The van der Waals surface area contributed by atoms with Gasteiger partial charge in [0.25, 0.3) is 0 Å². The zero-order valence-corrected chi connectivity index (χ0v) is 10.8. The molecule has 0 saturated heterocycles. The van der Waals surface area contributed by atoms with E-state index >= 15 is 0 Å². The second-order valence-electron chi connectivity index (χ2n) is 5.60. The summed E-state index contributed by atoms with van der Waals surface area (Å²) in [5.41, 5.74) is 5.98. The molecule has 1 atom stereocenters. The standard InChI is InChI=1S/C11H23NO2S/c1-11(2,3)15(13,14)8-10(12)9-6-4-5-7-9/h9-10H,4-8,12H2,1-3H3. The minimum absolute atomic E-state index is 0.140. The van der Waals surface area contributed by atoms with Crippen molar-refractivity contribution >= 4 is 9.84 Å². The molecule has 90 valence electrons. The number of sulfone groups is 1. The fraction of sp³-hybridized carbons (Fsp3) is 1.00. The van der Waals surface area contributed by atoms with Gasteiger partial charge in [-0.1, -0.05) is 12.8 Å². The summed E-state index contributed by atoms with van der Waals surface area (Å²) in [7, 11) is -3.06. The van der Waals surface area contributed by atoms with E-state index in [1.165, 1.54) is 12.8 Å². The van der Waals surface area contributed by atoms with Gasteiger partial charge in [-0.05, 0) is 39.5 Å². The molecule has 0 amide bonds. The third-order valence-corrected chi connectivity index (χ3v) is 6.04. The van der Waals surface area contributed by atoms with E-state index in [9.17, 15) is 8.42 Å². The SMILES string of the molecule is CC(C)(C)S(=O)(=O)CC(N)C1CCCC1. The zero-order valence-electron chi connectivity index (χ0n) is 9.99. The van der Waals surface area contributed by atoms with E-state index in [1.54, 1.807) is 20.8 Å². The Morgan fingerprint density at radius 3 is 2.13 bits per heavy atom. The molecule has 1 unspecified atom stereocenters. The van der Waals surface area contributed by atoms with E-state index in [2.05, 4.69) is 0 Å². The van der Waals surface area contributed by atoms with Crippen molar-refractivity contribution in [3.8, 4) is 0 Å². The van der Waals surface area contributed by atoms with Crippen molar-refractivity contribution in [2.45, 2.75) is 57.2 Å². The normalized spacial score (nSPS) is 21.9. The quantitative estimate of drug-likeness (QED) is 0.807. The highest BCUT2D eigenvalue weighted by Gasteiger charge is 2.33. The van der Waals surface area contributed by atoms with Gasteiger partial charge in [0.1, 0.15) is 0 Å². The maximum Gasteiger partial charge on any atom is 0.156 e. The van der Waals surface area contributed by atoms with Crippen LogP contribution in [0.5, 0.6) is 0 Å². The lowest BCUT2D eigenvalue weighted by molar-refractivity contribution is 0.450. The summed E-state index contributed by atoms with van der Waals surface area (Å²) in [6.45, 7) is 5.22. The molecule has 0 aromatic heterocycles. The third-order valence-electron chi connectivity index (χ3n) is 3.35. The fourth-order valence-corrected chi connectivity index (χ4v) is 3.30. The van der Waals surface area contributed by atoms with Crippen molar-refractivity contribution in [3.63, 3.8) is 0 Å². The minimum Gasteiger partial charge on any atom is -0.327 e. The first-order valence-electron chi connectivity index (χ1n) is 5.72. The van der Waals surface area contributed by atoms with Gasteiger partial charge in [-0.2, -0.15) is 0 Å². The Morgan fingerprint density at radius 1 is 1.27 bits per heavy atom. The summed E-state index contributed by atoms with van der Waals surface area (Å²) in [4.78, 5) is 0. The highest BCUT2D eigenvalue weighted by molar-refractivity contribution is 7.92. The van der Waals surface area contributed by atoms with E-state index in [0.29, 0.717) is 5.92 Å². The Balaban J connectivity index is 2.61. The average Bonchev–Trinajstić information content (AvgIpc) is 2.51. The third kappa shape index (κ3) is 3.18. The molecule has 0 aromatic carbocycles. The molecule has 0 aromatic rings. The molecule has 0 aliphatic heterocycles. The second-order valence-corrected chi connectivity index (χ2v) is 8.39. The van der Waals surface area contributed by atoms with Crippen molar-refractivity contribution in [3.05, 3.63) is 0 Å². The summed E-state index contributed by atoms with van der Waals surface area (Å²) in [5, 5.41) is 0. The van der Waals surface area contributed by atoms with E-state index < -0.39 is 14.6 Å². The summed E-state index contributed by atoms with van der Waals surface area (Å²) in [5.74, 6) is 0.559. The van der Waals surface area contributed by atoms with Crippen LogP contribution in [-0.2, 0) is 9.84 Å². The van der Waals surface area contributed by atoms with Crippen LogP contribution in [0.15, 0.2) is 0 Å². The smallest absolute Gasteiger partial charge is 0.156 e. The van der Waals surface area contributed by atoms with Crippen molar-refractivity contribution in [1.29, 1.82) is 0 Å². The Bertz CT molecular complexity index is 297. The van der Waals surface area contributed by atoms with Gasteiger partial charge >= 0.3 is 0 Å². The van der Waals surface area contributed by atoms with Crippen LogP contribution >= 0.6 is 0 Å². The molecule has 4 heteroatoms. The van der Waals surface area contributed by atoms with Gasteiger partial charge in [0.05, 0.1) is 10.5 Å². The highest BCUT2D eigenvalue weighted by atomic mass is 32.2. The molecule has 1 aliphatic rings. The zero-order chi connectivity index (χ0) is 11.7. The first kappa shape index (κ1) is 13.0. The molecule has 1 rings (SSSR count). The summed E-state index contributed by atoms with van der Waals surface area (Å²) in [6.07, 6.45) is 4.60. The molecule has 0 spiro atoms. The summed E-state index contributed by atoms with van der Waals surface area (Å²) < 4.78 is 23.2. The van der Waals surface area contributed by atoms with Crippen LogP contribution in [0.1, 0.15) is 46.5 Å². The van der Waals surface area contributed by atoms with Gasteiger partial charge in [-0.3, -0.25) is 0 Å². The maximum atomic E-state index is 11.9. The van der Waals surface area contributed by atoms with Gasteiger partial charge < -0.3 is 5.73 Å². The van der Waals surface area contributed by atoms with Crippen LogP contribution in [0.4, 0.5) is 0 Å². The van der Waals surface area contributed by atoms with Gasteiger partial charge in [-0.25, -0.2) is 8.42 Å². The predicted molar refractivity (Wildman–Crippen MR) is 63.5 cm³/mol. The van der Waals surface area contributed by atoms with E-state index in [-0.39, 0.29) is 11.8 Å². The van der Waals surface area contributed by atoms with Crippen molar-refractivity contribution < 1.29 is 8.42 Å². The number of hydrogen-bond donors (Lipinski definition) is 1. The maximum absolute atomic E-state index is 11.9. The van der Waals surface area contributed by atoms with Crippen molar-refractivity contribution in [2.75, 3.05) is 5.75 Å². The topological polar surface area (TPSA) is 60.2 Å².